The van der Waals surface area contributed by atoms with Gasteiger partial charge in [-0.3, -0.25) is 33.9 Å². The highest BCUT2D eigenvalue weighted by Gasteiger charge is 2.20. The lowest BCUT2D eigenvalue weighted by Gasteiger charge is -2.18. The van der Waals surface area contributed by atoms with Crippen molar-refractivity contribution in [3.63, 3.8) is 0 Å². The minimum absolute atomic E-state index is 0.0274. The van der Waals surface area contributed by atoms with Crippen LogP contribution in [0.2, 0.25) is 0 Å². The third-order valence-electron chi connectivity index (χ3n) is 7.05. The molecule has 2 aromatic carbocycles. The Balaban J connectivity index is 1.96. The lowest BCUT2D eigenvalue weighted by molar-refractivity contribution is -0.139. The Kier molecular flexibility index (Phi) is 12.2. The van der Waals surface area contributed by atoms with E-state index in [9.17, 15) is 24.0 Å². The Morgan fingerprint density at radius 3 is 2.38 bits per heavy atom. The molecule has 0 aliphatic heterocycles. The molecular weight excluding hydrogens is 606 g/mol. The number of amides is 3. The number of nitrogens with two attached hydrogens (primary N) is 2. The molecule has 3 aromatic rings. The molecule has 1 aromatic heterocycles. The first-order valence-corrected chi connectivity index (χ1v) is 14.9. The van der Waals surface area contributed by atoms with E-state index in [1.165, 1.54) is 42.1 Å². The second kappa shape index (κ2) is 16.0. The number of nitrogens with zero attached hydrogens (tertiary/aromatic N) is 2. The van der Waals surface area contributed by atoms with Crippen molar-refractivity contribution in [3.8, 4) is 11.3 Å². The Bertz CT molecular complexity index is 1730. The molecule has 47 heavy (non-hydrogen) atoms. The molecule has 0 saturated heterocycles. The number of esters is 1. The molecule has 3 rings (SSSR count). The first-order valence-electron chi connectivity index (χ1n) is 14.9. The summed E-state index contributed by atoms with van der Waals surface area (Å²) in [5.41, 5.74) is 13.1. The lowest BCUT2D eigenvalue weighted by atomic mass is 10.0. The van der Waals surface area contributed by atoms with E-state index >= 15 is 0 Å². The van der Waals surface area contributed by atoms with Crippen LogP contribution >= 0.6 is 0 Å². The van der Waals surface area contributed by atoms with Crippen LogP contribution < -0.4 is 38.3 Å². The average molecular weight is 648 g/mol. The van der Waals surface area contributed by atoms with Gasteiger partial charge in [-0.05, 0) is 57.0 Å². The van der Waals surface area contributed by atoms with Crippen LogP contribution in [0.25, 0.3) is 11.3 Å². The highest BCUT2D eigenvalue weighted by atomic mass is 16.5. The zero-order valence-corrected chi connectivity index (χ0v) is 27.0. The molecule has 15 nitrogen and oxygen atoms in total. The van der Waals surface area contributed by atoms with Crippen molar-refractivity contribution in [3.05, 3.63) is 75.2 Å². The van der Waals surface area contributed by atoms with E-state index in [1.54, 1.807) is 12.1 Å². The fraction of sp³-hybridized carbons (Fsp3) is 0.344. The molecular formula is C32H41N9O6. The second-order valence-corrected chi connectivity index (χ2v) is 11.1. The van der Waals surface area contributed by atoms with Gasteiger partial charge in [0, 0.05) is 46.6 Å². The molecule has 0 aliphatic rings. The number of methoxy groups -OCH3 is 1. The molecule has 3 amide bonds. The number of amidine groups is 1. The topological polar surface area (TPSA) is 236 Å². The standard InChI is InChI=1S/C32H41N9O6/c1-6-18(4)40-30(44)22-9-21(10-23(33)11-22)25-14-37-29(39-17(2)3)32(46)41(25)16-26(42)36-13-20-8-7-19(28(34)35)12-24(20)31(45)38-15-27(43)47-5/h7-12,14,17-18H,6,13,15-16,33H2,1-5H3,(H3,34,35)(H,36,42)(H,37,39)(H,38,45)(H,40,44)/t18-/m1/s1. The van der Waals surface area contributed by atoms with Gasteiger partial charge in [-0.2, -0.15) is 0 Å². The normalized spacial score (nSPS) is 11.4. The highest BCUT2D eigenvalue weighted by Crippen LogP contribution is 2.24. The van der Waals surface area contributed by atoms with E-state index in [1.807, 2.05) is 27.7 Å². The van der Waals surface area contributed by atoms with Gasteiger partial charge in [0.1, 0.15) is 18.9 Å². The largest absolute Gasteiger partial charge is 0.468 e. The van der Waals surface area contributed by atoms with E-state index in [-0.39, 0.29) is 64.3 Å². The Morgan fingerprint density at radius 1 is 1.02 bits per heavy atom. The van der Waals surface area contributed by atoms with Gasteiger partial charge < -0.3 is 37.5 Å². The number of rotatable bonds is 14. The van der Waals surface area contributed by atoms with Crippen LogP contribution in [-0.2, 0) is 27.4 Å². The molecule has 0 spiro atoms. The van der Waals surface area contributed by atoms with E-state index < -0.39 is 36.4 Å². The molecule has 0 fully saturated rings. The van der Waals surface area contributed by atoms with Crippen molar-refractivity contribution in [1.29, 1.82) is 5.41 Å². The number of anilines is 2. The van der Waals surface area contributed by atoms with E-state index in [0.29, 0.717) is 11.1 Å². The first-order chi connectivity index (χ1) is 22.2. The number of nitrogens with one attached hydrogen (secondary N) is 5. The molecule has 9 N–H and O–H groups in total. The van der Waals surface area contributed by atoms with Crippen LogP contribution in [0.3, 0.4) is 0 Å². The Labute approximate surface area is 272 Å². The molecule has 0 bridgehead atoms. The zero-order valence-electron chi connectivity index (χ0n) is 27.0. The summed E-state index contributed by atoms with van der Waals surface area (Å²) in [6.45, 7) is 6.52. The van der Waals surface area contributed by atoms with Crippen molar-refractivity contribution in [2.75, 3.05) is 24.7 Å². The van der Waals surface area contributed by atoms with Crippen molar-refractivity contribution < 1.29 is 23.9 Å². The smallest absolute Gasteiger partial charge is 0.325 e. The quantitative estimate of drug-likeness (QED) is 0.0574. The minimum atomic E-state index is -0.663. The number of hydrogen-bond acceptors (Lipinski definition) is 10. The summed E-state index contributed by atoms with van der Waals surface area (Å²) < 4.78 is 5.78. The molecule has 250 valence electrons. The van der Waals surface area contributed by atoms with Gasteiger partial charge in [-0.25, -0.2) is 4.98 Å². The van der Waals surface area contributed by atoms with Gasteiger partial charge in [0.25, 0.3) is 17.4 Å². The maximum Gasteiger partial charge on any atom is 0.325 e. The van der Waals surface area contributed by atoms with Gasteiger partial charge in [0.15, 0.2) is 5.82 Å². The molecule has 1 heterocycles. The van der Waals surface area contributed by atoms with Crippen molar-refractivity contribution in [2.24, 2.45) is 5.73 Å². The number of aromatic nitrogens is 2. The van der Waals surface area contributed by atoms with Crippen LogP contribution in [0.15, 0.2) is 47.4 Å². The summed E-state index contributed by atoms with van der Waals surface area (Å²) >= 11 is 0. The first kappa shape index (κ1) is 35.7. The Morgan fingerprint density at radius 2 is 1.74 bits per heavy atom. The summed E-state index contributed by atoms with van der Waals surface area (Å²) in [5.74, 6) is -2.48. The SMILES string of the molecule is CC[C@@H](C)NC(=O)c1cc(N)cc(-c2cnc(NC(C)C)c(=O)n2CC(=O)NCc2ccc(C(=N)N)cc2C(=O)NCC(=O)OC)c1. The number of benzene rings is 2. The van der Waals surface area contributed by atoms with Crippen LogP contribution in [0, 0.1) is 5.41 Å². The summed E-state index contributed by atoms with van der Waals surface area (Å²) in [5, 5.41) is 18.7. The van der Waals surface area contributed by atoms with Crippen LogP contribution in [-0.4, -0.2) is 64.8 Å². The minimum Gasteiger partial charge on any atom is -0.468 e. The van der Waals surface area contributed by atoms with Gasteiger partial charge in [0.05, 0.1) is 19.0 Å². The average Bonchev–Trinajstić information content (AvgIpc) is 3.03. The third kappa shape index (κ3) is 9.63. The second-order valence-electron chi connectivity index (χ2n) is 11.1. The van der Waals surface area contributed by atoms with Gasteiger partial charge in [-0.1, -0.05) is 19.1 Å². The highest BCUT2D eigenvalue weighted by molar-refractivity contribution is 6.02. The molecule has 1 atom stereocenters. The molecule has 0 unspecified atom stereocenters. The zero-order chi connectivity index (χ0) is 34.8. The van der Waals surface area contributed by atoms with Gasteiger partial charge >= 0.3 is 5.97 Å². The van der Waals surface area contributed by atoms with Crippen molar-refractivity contribution >= 4 is 41.0 Å². The molecule has 0 saturated carbocycles. The van der Waals surface area contributed by atoms with Crippen LogP contribution in [0.1, 0.15) is 66.0 Å². The summed E-state index contributed by atoms with van der Waals surface area (Å²) in [6.07, 6.45) is 2.15. The number of ether oxygens (including phenoxy) is 1. The maximum absolute atomic E-state index is 13.6. The third-order valence-corrected chi connectivity index (χ3v) is 7.05. The number of carbonyl (C=O) groups excluding carboxylic acids is 4. The fourth-order valence-electron chi connectivity index (χ4n) is 4.41. The maximum atomic E-state index is 13.6. The van der Waals surface area contributed by atoms with Crippen molar-refractivity contribution in [2.45, 2.75) is 59.3 Å². The number of hydrogen-bond donors (Lipinski definition) is 7. The summed E-state index contributed by atoms with van der Waals surface area (Å²) in [6, 6.07) is 8.89. The van der Waals surface area contributed by atoms with Gasteiger partial charge in [0.2, 0.25) is 5.91 Å². The van der Waals surface area contributed by atoms with Crippen LogP contribution in [0.5, 0.6) is 0 Å². The van der Waals surface area contributed by atoms with Gasteiger partial charge in [-0.15, -0.1) is 0 Å². The van der Waals surface area contributed by atoms with Crippen LogP contribution in [0.4, 0.5) is 11.5 Å². The van der Waals surface area contributed by atoms with E-state index in [0.717, 1.165) is 6.42 Å². The summed E-state index contributed by atoms with van der Waals surface area (Å²) in [4.78, 5) is 68.6. The predicted molar refractivity (Wildman–Crippen MR) is 178 cm³/mol. The fourth-order valence-corrected chi connectivity index (χ4v) is 4.41. The summed E-state index contributed by atoms with van der Waals surface area (Å²) in [7, 11) is 1.18. The van der Waals surface area contributed by atoms with E-state index in [2.05, 4.69) is 31.0 Å². The molecule has 0 radical (unpaired) electrons. The number of carbonyl (C=O) groups is 4. The molecule has 15 heteroatoms. The van der Waals surface area contributed by atoms with Crippen molar-refractivity contribution in [1.82, 2.24) is 25.5 Å². The van der Waals surface area contributed by atoms with E-state index in [4.69, 9.17) is 16.9 Å². The lowest BCUT2D eigenvalue weighted by Crippen LogP contribution is -2.36. The predicted octanol–water partition coefficient (Wildman–Crippen LogP) is 1.34. The monoisotopic (exact) mass is 647 g/mol. The Hall–Kier alpha value is -5.73. The molecule has 0 aliphatic carbocycles. The number of nitrogen functional groups attached to an aromatic ring is 2.